The quantitative estimate of drug-likeness (QED) is 0.394. The molecule has 1 nitrogen and oxygen atoms in total. The molecule has 0 bridgehead atoms. The Balaban J connectivity index is 3.53. The van der Waals surface area contributed by atoms with Gasteiger partial charge in [-0.1, -0.05) is 0 Å². The van der Waals surface area contributed by atoms with Crippen LogP contribution in [-0.2, 0) is 12.1 Å². The van der Waals surface area contributed by atoms with E-state index in [1.165, 1.54) is 22.6 Å². The Hall–Kier alpha value is -0.680. The summed E-state index contributed by atoms with van der Waals surface area (Å²) in [5.74, 6) is -5.60. The van der Waals surface area contributed by atoms with E-state index < -0.39 is 33.1 Å². The molecule has 0 saturated heterocycles. The Morgan fingerprint density at radius 3 is 1.78 bits per heavy atom. The highest BCUT2D eigenvalue weighted by Gasteiger charge is 2.61. The minimum Gasteiger partial charge on any atom is -0.250 e. The average Bonchev–Trinajstić information content (AvgIpc) is 2.13. The zero-order valence-corrected chi connectivity index (χ0v) is 10.2. The molecule has 0 amide bonds. The molecule has 0 spiro atoms. The average molecular weight is 391 g/mol. The summed E-state index contributed by atoms with van der Waals surface area (Å²) >= 11 is 1.24. The molecule has 0 aliphatic heterocycles. The third-order valence-corrected chi connectivity index (χ3v) is 2.46. The molecular weight excluding hydrogens is 389 g/mol. The smallest absolute Gasteiger partial charge is 0.250 e. The standard InChI is InChI=1S/C8H2F8IN/c9-6(10,8(14,15)16)3-1-5(17)18-2-4(3)7(11,12)13/h1-2H. The van der Waals surface area contributed by atoms with Gasteiger partial charge >= 0.3 is 18.3 Å². The van der Waals surface area contributed by atoms with Crippen LogP contribution < -0.4 is 0 Å². The lowest BCUT2D eigenvalue weighted by atomic mass is 10.0. The van der Waals surface area contributed by atoms with Gasteiger partial charge in [-0.3, -0.25) is 0 Å². The summed E-state index contributed by atoms with van der Waals surface area (Å²) < 4.78 is 98.9. The van der Waals surface area contributed by atoms with E-state index in [0.717, 1.165) is 0 Å². The molecule has 10 heteroatoms. The highest BCUT2D eigenvalue weighted by atomic mass is 127. The zero-order valence-electron chi connectivity index (χ0n) is 8.00. The minimum atomic E-state index is -6.11. The van der Waals surface area contributed by atoms with Crippen molar-refractivity contribution in [3.05, 3.63) is 27.1 Å². The van der Waals surface area contributed by atoms with Crippen LogP contribution in [0.4, 0.5) is 35.1 Å². The van der Waals surface area contributed by atoms with Crippen LogP contribution >= 0.6 is 22.6 Å². The second kappa shape index (κ2) is 4.46. The van der Waals surface area contributed by atoms with Crippen molar-refractivity contribution in [3.8, 4) is 0 Å². The summed E-state index contributed by atoms with van der Waals surface area (Å²) in [4.78, 5) is 3.07. The third kappa shape index (κ3) is 2.83. The second-order valence-electron chi connectivity index (χ2n) is 3.12. The molecule has 0 aromatic carbocycles. The molecule has 18 heavy (non-hydrogen) atoms. The summed E-state index contributed by atoms with van der Waals surface area (Å²) in [6.45, 7) is 0. The van der Waals surface area contributed by atoms with Gasteiger partial charge in [0.2, 0.25) is 0 Å². The van der Waals surface area contributed by atoms with Gasteiger partial charge in [0.1, 0.15) is 3.70 Å². The van der Waals surface area contributed by atoms with Gasteiger partial charge < -0.3 is 0 Å². The largest absolute Gasteiger partial charge is 0.458 e. The van der Waals surface area contributed by atoms with Gasteiger partial charge in [-0.2, -0.15) is 35.1 Å². The maximum atomic E-state index is 13.0. The van der Waals surface area contributed by atoms with Gasteiger partial charge in [-0.25, -0.2) is 4.98 Å². The monoisotopic (exact) mass is 391 g/mol. The number of rotatable bonds is 1. The van der Waals surface area contributed by atoms with E-state index in [2.05, 4.69) is 4.98 Å². The van der Waals surface area contributed by atoms with Crippen molar-refractivity contribution in [3.63, 3.8) is 0 Å². The van der Waals surface area contributed by atoms with E-state index in [9.17, 15) is 35.1 Å². The Bertz CT molecular complexity index is 449. The highest BCUT2D eigenvalue weighted by Crippen LogP contribution is 2.48. The van der Waals surface area contributed by atoms with Crippen molar-refractivity contribution in [2.75, 3.05) is 0 Å². The van der Waals surface area contributed by atoms with Crippen LogP contribution in [0.1, 0.15) is 11.1 Å². The van der Waals surface area contributed by atoms with Gasteiger partial charge in [0.15, 0.2) is 0 Å². The molecule has 0 aliphatic rings. The third-order valence-electron chi connectivity index (χ3n) is 1.87. The fraction of sp³-hybridized carbons (Fsp3) is 0.375. The van der Waals surface area contributed by atoms with E-state index in [-0.39, 0.29) is 12.3 Å². The number of aromatic nitrogens is 1. The highest BCUT2D eigenvalue weighted by molar-refractivity contribution is 14.1. The van der Waals surface area contributed by atoms with E-state index >= 15 is 0 Å². The molecule has 102 valence electrons. The van der Waals surface area contributed by atoms with Crippen LogP contribution in [-0.4, -0.2) is 11.2 Å². The fourth-order valence-electron chi connectivity index (χ4n) is 1.07. The van der Waals surface area contributed by atoms with Gasteiger partial charge in [-0.05, 0) is 28.7 Å². The topological polar surface area (TPSA) is 12.9 Å². The van der Waals surface area contributed by atoms with Crippen LogP contribution in [0.5, 0.6) is 0 Å². The predicted octanol–water partition coefficient (Wildman–Crippen LogP) is 4.36. The SMILES string of the molecule is FC(F)(F)c1cnc(I)cc1C(F)(F)C(F)(F)F. The number of halogens is 9. The van der Waals surface area contributed by atoms with E-state index in [1.807, 2.05) is 0 Å². The van der Waals surface area contributed by atoms with E-state index in [0.29, 0.717) is 0 Å². The van der Waals surface area contributed by atoms with E-state index in [1.54, 1.807) is 0 Å². The Morgan fingerprint density at radius 2 is 1.39 bits per heavy atom. The maximum Gasteiger partial charge on any atom is 0.458 e. The van der Waals surface area contributed by atoms with Gasteiger partial charge in [0.05, 0.1) is 5.56 Å². The summed E-state index contributed by atoms with van der Waals surface area (Å²) in [6, 6.07) is 0.0663. The number of pyridine rings is 1. The zero-order chi connectivity index (χ0) is 14.4. The van der Waals surface area contributed by atoms with Crippen molar-refractivity contribution in [1.29, 1.82) is 0 Å². The first-order valence-corrected chi connectivity index (χ1v) is 5.13. The molecule has 1 aromatic heterocycles. The van der Waals surface area contributed by atoms with Gasteiger partial charge in [-0.15, -0.1) is 0 Å². The number of hydrogen-bond donors (Lipinski definition) is 0. The first-order chi connectivity index (χ1) is 7.87. The van der Waals surface area contributed by atoms with Crippen molar-refractivity contribution in [2.24, 2.45) is 0 Å². The molecular formula is C8H2F8IN. The molecule has 1 rings (SSSR count). The van der Waals surface area contributed by atoms with Crippen LogP contribution in [0.3, 0.4) is 0 Å². The van der Waals surface area contributed by atoms with Crippen molar-refractivity contribution >= 4 is 22.6 Å². The predicted molar refractivity (Wildman–Crippen MR) is 51.9 cm³/mol. The van der Waals surface area contributed by atoms with E-state index in [4.69, 9.17) is 0 Å². The summed E-state index contributed by atoms with van der Waals surface area (Å²) in [7, 11) is 0. The second-order valence-corrected chi connectivity index (χ2v) is 4.23. The number of hydrogen-bond acceptors (Lipinski definition) is 1. The van der Waals surface area contributed by atoms with Crippen LogP contribution in [0, 0.1) is 3.70 Å². The maximum absolute atomic E-state index is 13.0. The fourth-order valence-corrected chi connectivity index (χ4v) is 1.52. The molecule has 0 unspecified atom stereocenters. The minimum absolute atomic E-state index is 0.0449. The lowest BCUT2D eigenvalue weighted by Gasteiger charge is -2.23. The van der Waals surface area contributed by atoms with Gasteiger partial charge in [0, 0.05) is 11.8 Å². The van der Waals surface area contributed by atoms with Gasteiger partial charge in [0.25, 0.3) is 0 Å². The van der Waals surface area contributed by atoms with Crippen LogP contribution in [0.25, 0.3) is 0 Å². The molecule has 0 N–H and O–H groups in total. The lowest BCUT2D eigenvalue weighted by Crippen LogP contribution is -2.36. The Morgan fingerprint density at radius 1 is 0.889 bits per heavy atom. The number of alkyl halides is 8. The van der Waals surface area contributed by atoms with Crippen LogP contribution in [0.15, 0.2) is 12.3 Å². The Kier molecular flexibility index (Phi) is 3.81. The summed E-state index contributed by atoms with van der Waals surface area (Å²) in [5, 5.41) is 0. The Labute approximate surface area is 108 Å². The molecule has 1 heterocycles. The molecule has 0 radical (unpaired) electrons. The molecule has 0 aliphatic carbocycles. The number of nitrogens with zero attached hydrogens (tertiary/aromatic N) is 1. The first kappa shape index (κ1) is 15.4. The molecule has 0 saturated carbocycles. The summed E-state index contributed by atoms with van der Waals surface area (Å²) in [5.41, 5.74) is -4.26. The molecule has 0 atom stereocenters. The molecule has 0 fully saturated rings. The summed E-state index contributed by atoms with van der Waals surface area (Å²) in [6.07, 6.45) is -11.5. The normalized spacial score (nSPS) is 13.8. The lowest BCUT2D eigenvalue weighted by molar-refractivity contribution is -0.291. The van der Waals surface area contributed by atoms with Crippen molar-refractivity contribution < 1.29 is 35.1 Å². The van der Waals surface area contributed by atoms with Crippen molar-refractivity contribution in [1.82, 2.24) is 4.98 Å². The first-order valence-electron chi connectivity index (χ1n) is 4.05. The van der Waals surface area contributed by atoms with Crippen molar-refractivity contribution in [2.45, 2.75) is 18.3 Å². The van der Waals surface area contributed by atoms with Crippen LogP contribution in [0.2, 0.25) is 0 Å². The molecule has 1 aromatic rings.